The summed E-state index contributed by atoms with van der Waals surface area (Å²) in [5.74, 6) is 1.53. The van der Waals surface area contributed by atoms with Gasteiger partial charge in [-0.1, -0.05) is 18.2 Å². The van der Waals surface area contributed by atoms with E-state index in [1.807, 2.05) is 30.3 Å². The zero-order valence-electron chi connectivity index (χ0n) is 23.9. The van der Waals surface area contributed by atoms with E-state index >= 15 is 0 Å². The van der Waals surface area contributed by atoms with Crippen LogP contribution in [0.25, 0.3) is 22.2 Å². The maximum Gasteiger partial charge on any atom is 0.239 e. The van der Waals surface area contributed by atoms with Crippen molar-refractivity contribution in [2.45, 2.75) is 32.4 Å². The number of fused-ring (bicyclic) bond motifs is 4. The van der Waals surface area contributed by atoms with Crippen LogP contribution in [0.1, 0.15) is 36.3 Å². The van der Waals surface area contributed by atoms with Gasteiger partial charge in [0.15, 0.2) is 11.5 Å². The second-order valence-electron chi connectivity index (χ2n) is 9.93. The maximum atomic E-state index is 13.4. The fourth-order valence-corrected chi connectivity index (χ4v) is 5.36. The van der Waals surface area contributed by atoms with Crippen LogP contribution in [0.4, 0.5) is 5.69 Å². The van der Waals surface area contributed by atoms with Crippen LogP contribution in [0.3, 0.4) is 0 Å². The van der Waals surface area contributed by atoms with E-state index in [1.165, 1.54) is 20.1 Å². The van der Waals surface area contributed by atoms with Crippen molar-refractivity contribution in [3.63, 3.8) is 0 Å². The molecule has 4 aromatic rings. The molecule has 42 heavy (non-hydrogen) atoms. The molecular formula is C31H33N5O6. The number of anilines is 1. The lowest BCUT2D eigenvalue weighted by Crippen LogP contribution is -2.30. The molecule has 1 atom stereocenters. The molecule has 5 rings (SSSR count). The summed E-state index contributed by atoms with van der Waals surface area (Å²) in [7, 11) is 4.64. The van der Waals surface area contributed by atoms with Gasteiger partial charge in [-0.2, -0.15) is 0 Å². The van der Waals surface area contributed by atoms with Gasteiger partial charge in [-0.25, -0.2) is 4.98 Å². The van der Waals surface area contributed by atoms with Crippen LogP contribution in [0, 0.1) is 0 Å². The number of imidazole rings is 1. The number of hydrogen-bond acceptors (Lipinski definition) is 8. The van der Waals surface area contributed by atoms with Crippen molar-refractivity contribution in [3.05, 3.63) is 75.7 Å². The van der Waals surface area contributed by atoms with Crippen LogP contribution in [-0.4, -0.2) is 49.7 Å². The summed E-state index contributed by atoms with van der Waals surface area (Å²) < 4.78 is 17.0. The van der Waals surface area contributed by atoms with Crippen molar-refractivity contribution < 1.29 is 23.8 Å². The van der Waals surface area contributed by atoms with E-state index in [1.54, 1.807) is 26.4 Å². The number of ether oxygens (including phenoxy) is 3. The van der Waals surface area contributed by atoms with Crippen LogP contribution in [0.5, 0.6) is 17.2 Å². The fraction of sp³-hybridized carbons (Fsp3) is 0.290. The summed E-state index contributed by atoms with van der Waals surface area (Å²) in [6, 6.07) is 14.0. The molecule has 3 aromatic carbocycles. The summed E-state index contributed by atoms with van der Waals surface area (Å²) >= 11 is 0. The topological polar surface area (TPSA) is 144 Å². The molecule has 1 aliphatic rings. The Balaban J connectivity index is 1.45. The molecule has 11 nitrogen and oxygen atoms in total. The predicted molar refractivity (Wildman–Crippen MR) is 159 cm³/mol. The third-order valence-corrected chi connectivity index (χ3v) is 7.25. The van der Waals surface area contributed by atoms with Gasteiger partial charge in [0, 0.05) is 12.5 Å². The first kappa shape index (κ1) is 28.5. The van der Waals surface area contributed by atoms with E-state index < -0.39 is 6.04 Å². The average Bonchev–Trinajstić information content (AvgIpc) is 3.26. The molecule has 0 fully saturated rings. The van der Waals surface area contributed by atoms with E-state index in [9.17, 15) is 14.4 Å². The molecule has 1 aromatic heterocycles. The van der Waals surface area contributed by atoms with Gasteiger partial charge in [0.1, 0.15) is 5.82 Å². The highest BCUT2D eigenvalue weighted by atomic mass is 16.5. The predicted octanol–water partition coefficient (Wildman–Crippen LogP) is 3.47. The van der Waals surface area contributed by atoms with E-state index in [-0.39, 0.29) is 36.0 Å². The Morgan fingerprint density at radius 3 is 2.52 bits per heavy atom. The van der Waals surface area contributed by atoms with Gasteiger partial charge in [0.2, 0.25) is 23.0 Å². The number of aromatic nitrogens is 2. The van der Waals surface area contributed by atoms with Gasteiger partial charge in [0.25, 0.3) is 0 Å². The molecule has 1 aliphatic carbocycles. The third-order valence-electron chi connectivity index (χ3n) is 7.25. The molecule has 11 heteroatoms. The number of nitrogens with one attached hydrogen (secondary N) is 4. The van der Waals surface area contributed by atoms with Gasteiger partial charge < -0.3 is 35.1 Å². The third kappa shape index (κ3) is 5.71. The second-order valence-corrected chi connectivity index (χ2v) is 9.93. The first-order chi connectivity index (χ1) is 20.3. The molecule has 0 unspecified atom stereocenters. The summed E-state index contributed by atoms with van der Waals surface area (Å²) in [5, 5.41) is 8.76. The quantitative estimate of drug-likeness (QED) is 0.239. The number of hydrogen-bond donors (Lipinski definition) is 4. The molecule has 2 amide bonds. The number of methoxy groups -OCH3 is 3. The van der Waals surface area contributed by atoms with Crippen molar-refractivity contribution in [3.8, 4) is 28.4 Å². The van der Waals surface area contributed by atoms with Gasteiger partial charge >= 0.3 is 0 Å². The molecule has 0 saturated carbocycles. The molecular weight excluding hydrogens is 538 g/mol. The van der Waals surface area contributed by atoms with Gasteiger partial charge in [-0.15, -0.1) is 0 Å². The molecule has 0 aliphatic heterocycles. The van der Waals surface area contributed by atoms with Crippen LogP contribution in [-0.2, 0) is 22.6 Å². The molecule has 4 N–H and O–H groups in total. The number of rotatable bonds is 9. The fourth-order valence-electron chi connectivity index (χ4n) is 5.36. The van der Waals surface area contributed by atoms with Gasteiger partial charge in [-0.3, -0.25) is 14.4 Å². The number of H-pyrrole nitrogens is 1. The smallest absolute Gasteiger partial charge is 0.239 e. The Labute approximate surface area is 242 Å². The number of aromatic amines is 1. The number of benzene rings is 2. The van der Waals surface area contributed by atoms with Crippen LogP contribution >= 0.6 is 0 Å². The molecule has 218 valence electrons. The Hall–Kier alpha value is -5.06. The molecule has 0 spiro atoms. The Kier molecular flexibility index (Phi) is 8.28. The van der Waals surface area contributed by atoms with E-state index in [2.05, 4.69) is 25.9 Å². The number of carbonyl (C=O) groups is 2. The number of carbonyl (C=O) groups excluding carboxylic acids is 2. The number of para-hydroxylation sites is 2. The molecule has 0 radical (unpaired) electrons. The maximum absolute atomic E-state index is 13.4. The highest BCUT2D eigenvalue weighted by Gasteiger charge is 2.29. The zero-order chi connectivity index (χ0) is 29.8. The minimum atomic E-state index is -0.424. The van der Waals surface area contributed by atoms with E-state index in [0.29, 0.717) is 47.0 Å². The first-order valence-electron chi connectivity index (χ1n) is 13.5. The van der Waals surface area contributed by atoms with Crippen molar-refractivity contribution in [1.29, 1.82) is 0 Å². The lowest BCUT2D eigenvalue weighted by molar-refractivity contribution is -0.120. The number of amides is 2. The number of aryl methyl sites for hydroxylation is 1. The van der Waals surface area contributed by atoms with Crippen LogP contribution in [0.15, 0.2) is 53.3 Å². The van der Waals surface area contributed by atoms with E-state index in [0.717, 1.165) is 22.2 Å². The lowest BCUT2D eigenvalue weighted by atomic mass is 9.95. The van der Waals surface area contributed by atoms with Crippen molar-refractivity contribution in [2.75, 3.05) is 33.2 Å². The highest BCUT2D eigenvalue weighted by Crippen LogP contribution is 2.50. The lowest BCUT2D eigenvalue weighted by Gasteiger charge is -2.19. The van der Waals surface area contributed by atoms with Crippen LogP contribution in [0.2, 0.25) is 0 Å². The van der Waals surface area contributed by atoms with Gasteiger partial charge in [0.05, 0.1) is 57.2 Å². The Morgan fingerprint density at radius 2 is 1.81 bits per heavy atom. The van der Waals surface area contributed by atoms with Crippen molar-refractivity contribution >= 4 is 28.5 Å². The first-order valence-corrected chi connectivity index (χ1v) is 13.5. The molecule has 0 saturated heterocycles. The molecule has 1 heterocycles. The normalized spacial score (nSPS) is 13.8. The monoisotopic (exact) mass is 571 g/mol. The summed E-state index contributed by atoms with van der Waals surface area (Å²) in [4.78, 5) is 45.8. The average molecular weight is 572 g/mol. The van der Waals surface area contributed by atoms with Crippen LogP contribution < -0.4 is 35.6 Å². The standard InChI is InChI=1S/C31H33N5O6/c1-17(37)34-21-11-9-18-13-26(40-2)30(41-3)31(42-4)29(18)19-10-12-24(25(38)14-20(19)21)32-16-28(39)33-15-27-35-22-7-5-6-8-23(22)36-27/h5-8,10,12-14,21H,9,11,15-16H2,1-4H3,(H,32,38)(H,33,39)(H,34,37)(H,35,36)/t21-/m1/s1. The van der Waals surface area contributed by atoms with E-state index in [4.69, 9.17) is 14.2 Å². The Bertz CT molecular complexity index is 1680. The second kappa shape index (κ2) is 12.2. The SMILES string of the molecule is COc1cc2c(c(OC)c1OC)-c1ccc(NCC(=O)NCc3nc4ccccc4[nH]3)c(=O)cc1[C@H](NC(C)=O)CC2. The number of nitrogens with zero attached hydrogens (tertiary/aromatic N) is 1. The largest absolute Gasteiger partial charge is 0.493 e. The molecule has 0 bridgehead atoms. The summed E-state index contributed by atoms with van der Waals surface area (Å²) in [6.07, 6.45) is 1.15. The minimum Gasteiger partial charge on any atom is -0.493 e. The summed E-state index contributed by atoms with van der Waals surface area (Å²) in [6.45, 7) is 1.54. The van der Waals surface area contributed by atoms with Crippen molar-refractivity contribution in [2.24, 2.45) is 0 Å². The Morgan fingerprint density at radius 1 is 1.02 bits per heavy atom. The highest BCUT2D eigenvalue weighted by molar-refractivity contribution is 5.84. The minimum absolute atomic E-state index is 0.121. The summed E-state index contributed by atoms with van der Waals surface area (Å²) in [5.41, 5.74) is 4.66. The van der Waals surface area contributed by atoms with Crippen molar-refractivity contribution in [1.82, 2.24) is 20.6 Å². The zero-order valence-corrected chi connectivity index (χ0v) is 23.9. The van der Waals surface area contributed by atoms with Gasteiger partial charge in [-0.05, 0) is 59.9 Å².